The molecule has 116 valence electrons. The highest BCUT2D eigenvalue weighted by molar-refractivity contribution is 6.33. The molecule has 0 amide bonds. The first-order valence-corrected chi connectivity index (χ1v) is 7.07. The van der Waals surface area contributed by atoms with Gasteiger partial charge in [-0.25, -0.2) is 4.98 Å². The van der Waals surface area contributed by atoms with E-state index in [2.05, 4.69) is 10.3 Å². The summed E-state index contributed by atoms with van der Waals surface area (Å²) in [7, 11) is 3.85. The van der Waals surface area contributed by atoms with Gasteiger partial charge in [0.2, 0.25) is 0 Å². The normalized spacial score (nSPS) is 10.4. The van der Waals surface area contributed by atoms with Crippen molar-refractivity contribution in [2.24, 2.45) is 0 Å². The number of nitro groups is 1. The van der Waals surface area contributed by atoms with Crippen LogP contribution in [0.25, 0.3) is 0 Å². The highest BCUT2D eigenvalue weighted by Crippen LogP contribution is 2.31. The molecule has 0 fully saturated rings. The lowest BCUT2D eigenvalue weighted by Gasteiger charge is -2.14. The van der Waals surface area contributed by atoms with Gasteiger partial charge in [-0.2, -0.15) is 0 Å². The first-order chi connectivity index (χ1) is 10.4. The van der Waals surface area contributed by atoms with Crippen molar-refractivity contribution >= 4 is 28.8 Å². The summed E-state index contributed by atoms with van der Waals surface area (Å²) >= 11 is 6.14. The van der Waals surface area contributed by atoms with E-state index in [9.17, 15) is 10.1 Å². The van der Waals surface area contributed by atoms with Gasteiger partial charge in [0.15, 0.2) is 0 Å². The number of hydrogen-bond acceptors (Lipinski definition) is 5. The maximum Gasteiger partial charge on any atom is 0.271 e. The second-order valence-electron chi connectivity index (χ2n) is 5.15. The van der Waals surface area contributed by atoms with Gasteiger partial charge in [0.05, 0.1) is 15.6 Å². The molecule has 1 N–H and O–H groups in total. The minimum Gasteiger partial charge on any atom is -0.380 e. The zero-order valence-corrected chi connectivity index (χ0v) is 13.4. The molecule has 0 saturated carbocycles. The Hall–Kier alpha value is -2.34. The summed E-state index contributed by atoms with van der Waals surface area (Å²) in [6, 6.07) is 6.75. The number of halogens is 1. The van der Waals surface area contributed by atoms with Gasteiger partial charge >= 0.3 is 0 Å². The zero-order chi connectivity index (χ0) is 16.3. The number of non-ortho nitro benzene ring substituents is 1. The fourth-order valence-corrected chi connectivity index (χ4v) is 2.39. The van der Waals surface area contributed by atoms with Crippen LogP contribution in [-0.4, -0.2) is 24.0 Å². The smallest absolute Gasteiger partial charge is 0.271 e. The number of aromatic nitrogens is 1. The van der Waals surface area contributed by atoms with Crippen LogP contribution < -0.4 is 10.2 Å². The number of hydrogen-bond donors (Lipinski definition) is 1. The summed E-state index contributed by atoms with van der Waals surface area (Å²) < 4.78 is 0. The molecule has 2 rings (SSSR count). The molecule has 0 saturated heterocycles. The molecule has 6 nitrogen and oxygen atoms in total. The molecule has 0 radical (unpaired) electrons. The molecule has 0 spiro atoms. The third kappa shape index (κ3) is 3.65. The van der Waals surface area contributed by atoms with Crippen molar-refractivity contribution < 1.29 is 4.92 Å². The number of pyridine rings is 1. The lowest BCUT2D eigenvalue weighted by atomic mass is 10.1. The Morgan fingerprint density at radius 3 is 2.68 bits per heavy atom. The highest BCUT2D eigenvalue weighted by atomic mass is 35.5. The van der Waals surface area contributed by atoms with E-state index >= 15 is 0 Å². The maximum absolute atomic E-state index is 10.8. The van der Waals surface area contributed by atoms with E-state index in [-0.39, 0.29) is 5.69 Å². The number of benzene rings is 1. The van der Waals surface area contributed by atoms with Crippen LogP contribution in [-0.2, 0) is 6.54 Å². The second kappa shape index (κ2) is 6.62. The van der Waals surface area contributed by atoms with Gasteiger partial charge in [-0.1, -0.05) is 11.6 Å². The molecule has 0 aliphatic heterocycles. The number of aryl methyl sites for hydroxylation is 1. The lowest BCUT2D eigenvalue weighted by Crippen LogP contribution is -2.11. The fourth-order valence-electron chi connectivity index (χ4n) is 2.06. The molecular weight excluding hydrogens is 304 g/mol. The van der Waals surface area contributed by atoms with E-state index < -0.39 is 4.92 Å². The van der Waals surface area contributed by atoms with Crippen molar-refractivity contribution in [3.05, 3.63) is 56.7 Å². The van der Waals surface area contributed by atoms with E-state index in [4.69, 9.17) is 11.6 Å². The number of nitrogens with zero attached hydrogens (tertiary/aromatic N) is 3. The summed E-state index contributed by atoms with van der Waals surface area (Å²) in [6.07, 6.45) is 1.75. The Morgan fingerprint density at radius 2 is 2.09 bits per heavy atom. The third-order valence-electron chi connectivity index (χ3n) is 3.22. The molecule has 2 aromatic rings. The number of rotatable bonds is 5. The van der Waals surface area contributed by atoms with E-state index in [1.807, 2.05) is 31.1 Å². The molecule has 1 aromatic carbocycles. The summed E-state index contributed by atoms with van der Waals surface area (Å²) in [5.74, 6) is 0.866. The second-order valence-corrected chi connectivity index (χ2v) is 5.55. The zero-order valence-electron chi connectivity index (χ0n) is 12.6. The third-order valence-corrected chi connectivity index (χ3v) is 3.52. The van der Waals surface area contributed by atoms with Crippen LogP contribution >= 0.6 is 11.6 Å². The molecule has 0 aliphatic carbocycles. The molecule has 1 aromatic heterocycles. The summed E-state index contributed by atoms with van der Waals surface area (Å²) in [4.78, 5) is 16.5. The molecule has 22 heavy (non-hydrogen) atoms. The van der Waals surface area contributed by atoms with Crippen molar-refractivity contribution in [1.82, 2.24) is 4.98 Å². The Kier molecular flexibility index (Phi) is 4.82. The van der Waals surface area contributed by atoms with Crippen molar-refractivity contribution in [3.63, 3.8) is 0 Å². The fraction of sp³-hybridized carbons (Fsp3) is 0.267. The number of anilines is 2. The van der Waals surface area contributed by atoms with Crippen molar-refractivity contribution in [2.75, 3.05) is 24.3 Å². The molecular formula is C15H17ClN4O2. The van der Waals surface area contributed by atoms with Crippen LogP contribution in [0.5, 0.6) is 0 Å². The van der Waals surface area contributed by atoms with Crippen LogP contribution in [0.3, 0.4) is 0 Å². The van der Waals surface area contributed by atoms with Crippen molar-refractivity contribution in [3.8, 4) is 0 Å². The quantitative estimate of drug-likeness (QED) is 0.673. The van der Waals surface area contributed by atoms with Gasteiger partial charge in [0.1, 0.15) is 5.82 Å². The Balaban J connectivity index is 2.18. The van der Waals surface area contributed by atoms with Crippen LogP contribution in [0.2, 0.25) is 5.02 Å². The van der Waals surface area contributed by atoms with Gasteiger partial charge < -0.3 is 10.2 Å². The van der Waals surface area contributed by atoms with E-state index in [1.165, 1.54) is 12.1 Å². The molecule has 0 atom stereocenters. The van der Waals surface area contributed by atoms with Crippen LogP contribution in [0.4, 0.5) is 17.2 Å². The van der Waals surface area contributed by atoms with Crippen LogP contribution in [0.1, 0.15) is 11.1 Å². The monoisotopic (exact) mass is 320 g/mol. The average Bonchev–Trinajstić information content (AvgIpc) is 2.46. The molecule has 1 heterocycles. The van der Waals surface area contributed by atoms with Crippen LogP contribution in [0, 0.1) is 17.0 Å². The van der Waals surface area contributed by atoms with Gasteiger partial charge in [0, 0.05) is 39.0 Å². The van der Waals surface area contributed by atoms with Gasteiger partial charge in [-0.05, 0) is 30.2 Å². The number of nitrogens with one attached hydrogen (secondary N) is 1. The van der Waals surface area contributed by atoms with Gasteiger partial charge in [0.25, 0.3) is 5.69 Å². The molecule has 0 unspecified atom stereocenters. The van der Waals surface area contributed by atoms with E-state index in [1.54, 1.807) is 13.1 Å². The SMILES string of the molecule is Cc1cc([N+](=O)[O-])cc(Cl)c1NCc1ccnc(N(C)C)c1. The first kappa shape index (κ1) is 16.0. The van der Waals surface area contributed by atoms with Crippen LogP contribution in [0.15, 0.2) is 30.5 Å². The van der Waals surface area contributed by atoms with Crippen molar-refractivity contribution in [2.45, 2.75) is 13.5 Å². The average molecular weight is 321 g/mol. The largest absolute Gasteiger partial charge is 0.380 e. The predicted molar refractivity (Wildman–Crippen MR) is 88.7 cm³/mol. The van der Waals surface area contributed by atoms with Gasteiger partial charge in [-0.15, -0.1) is 0 Å². The molecule has 0 bridgehead atoms. The summed E-state index contributed by atoms with van der Waals surface area (Å²) in [6.45, 7) is 2.35. The Morgan fingerprint density at radius 1 is 1.36 bits per heavy atom. The minimum atomic E-state index is -0.450. The highest BCUT2D eigenvalue weighted by Gasteiger charge is 2.13. The Labute approximate surface area is 133 Å². The topological polar surface area (TPSA) is 71.3 Å². The summed E-state index contributed by atoms with van der Waals surface area (Å²) in [5, 5.41) is 14.4. The van der Waals surface area contributed by atoms with E-state index in [0.717, 1.165) is 16.9 Å². The standard InChI is InChI=1S/C15H17ClN4O2/c1-10-6-12(20(21)22)8-13(16)15(10)18-9-11-4-5-17-14(7-11)19(2)3/h4-8,18H,9H2,1-3H3. The summed E-state index contributed by atoms with van der Waals surface area (Å²) in [5.41, 5.74) is 2.48. The van der Waals surface area contributed by atoms with Crippen molar-refractivity contribution in [1.29, 1.82) is 0 Å². The first-order valence-electron chi connectivity index (χ1n) is 6.69. The predicted octanol–water partition coefficient (Wildman–Crippen LogP) is 3.63. The maximum atomic E-state index is 10.8. The molecule has 7 heteroatoms. The Bertz CT molecular complexity index is 681. The van der Waals surface area contributed by atoms with Gasteiger partial charge in [-0.3, -0.25) is 10.1 Å². The minimum absolute atomic E-state index is 0.00754. The number of nitro benzene ring substituents is 1. The lowest BCUT2D eigenvalue weighted by molar-refractivity contribution is -0.384. The molecule has 0 aliphatic rings. The van der Waals surface area contributed by atoms with E-state index in [0.29, 0.717) is 17.3 Å².